The zero-order chi connectivity index (χ0) is 13.2. The first kappa shape index (κ1) is 12.4. The maximum Gasteiger partial charge on any atom is 0.0723 e. The quantitative estimate of drug-likeness (QED) is 0.893. The highest BCUT2D eigenvalue weighted by Gasteiger charge is 2.23. The number of aromatic nitrogens is 1. The van der Waals surface area contributed by atoms with Crippen LogP contribution in [0.1, 0.15) is 12.5 Å². The summed E-state index contributed by atoms with van der Waals surface area (Å²) >= 11 is 0. The molecule has 1 fully saturated rings. The Kier molecular flexibility index (Phi) is 3.36. The van der Waals surface area contributed by atoms with Crippen LogP contribution in [0.25, 0.3) is 10.9 Å². The Morgan fingerprint density at radius 2 is 2.26 bits per heavy atom. The molecule has 1 aromatic heterocycles. The first-order chi connectivity index (χ1) is 9.31. The number of anilines is 1. The molecular weight excluding hydrogens is 238 g/mol. The Morgan fingerprint density at radius 3 is 3.05 bits per heavy atom. The number of nitrogens with two attached hydrogens (primary N) is 1. The topological polar surface area (TPSA) is 51.4 Å². The highest BCUT2D eigenvalue weighted by molar-refractivity contribution is 5.93. The van der Waals surface area contributed by atoms with Crippen LogP contribution in [0.5, 0.6) is 0 Å². The van der Waals surface area contributed by atoms with Crippen LogP contribution in [0.2, 0.25) is 0 Å². The second kappa shape index (κ2) is 5.15. The van der Waals surface area contributed by atoms with Crippen molar-refractivity contribution in [3.8, 4) is 0 Å². The van der Waals surface area contributed by atoms with Crippen LogP contribution >= 0.6 is 0 Å². The zero-order valence-corrected chi connectivity index (χ0v) is 11.2. The average molecular weight is 257 g/mol. The molecule has 0 saturated carbocycles. The number of morpholine rings is 1. The van der Waals surface area contributed by atoms with Crippen LogP contribution in [-0.2, 0) is 11.3 Å². The van der Waals surface area contributed by atoms with Crippen LogP contribution in [0.15, 0.2) is 30.5 Å². The normalized spacial score (nSPS) is 19.9. The fraction of sp³-hybridized carbons (Fsp3) is 0.400. The van der Waals surface area contributed by atoms with E-state index in [9.17, 15) is 0 Å². The largest absolute Gasteiger partial charge is 0.377 e. The highest BCUT2D eigenvalue weighted by atomic mass is 16.5. The van der Waals surface area contributed by atoms with Crippen molar-refractivity contribution in [1.29, 1.82) is 0 Å². The van der Waals surface area contributed by atoms with Gasteiger partial charge in [0.2, 0.25) is 0 Å². The summed E-state index contributed by atoms with van der Waals surface area (Å²) < 4.78 is 5.53. The number of hydrogen-bond acceptors (Lipinski definition) is 4. The van der Waals surface area contributed by atoms with Crippen molar-refractivity contribution in [2.24, 2.45) is 5.73 Å². The maximum absolute atomic E-state index is 5.90. The molecule has 2 heterocycles. The Hall–Kier alpha value is -1.65. The lowest BCUT2D eigenvalue weighted by Gasteiger charge is -2.37. The molecule has 0 spiro atoms. The van der Waals surface area contributed by atoms with Gasteiger partial charge in [0, 0.05) is 36.3 Å². The first-order valence-electron chi connectivity index (χ1n) is 6.72. The molecule has 0 amide bonds. The van der Waals surface area contributed by atoms with Gasteiger partial charge in [-0.25, -0.2) is 0 Å². The number of nitrogens with zero attached hydrogens (tertiary/aromatic N) is 2. The van der Waals surface area contributed by atoms with E-state index in [1.165, 1.54) is 11.1 Å². The van der Waals surface area contributed by atoms with Gasteiger partial charge in [-0.3, -0.25) is 4.98 Å². The van der Waals surface area contributed by atoms with Crippen molar-refractivity contribution in [1.82, 2.24) is 4.98 Å². The predicted octanol–water partition coefficient (Wildman–Crippen LogP) is 1.92. The molecule has 4 nitrogen and oxygen atoms in total. The number of hydrogen-bond donors (Lipinski definition) is 1. The predicted molar refractivity (Wildman–Crippen MR) is 77.3 cm³/mol. The van der Waals surface area contributed by atoms with Gasteiger partial charge in [0.25, 0.3) is 0 Å². The minimum atomic E-state index is 0.366. The lowest BCUT2D eigenvalue weighted by atomic mass is 10.1. The summed E-state index contributed by atoms with van der Waals surface area (Å²) in [5.74, 6) is 0. The number of rotatable bonds is 2. The molecule has 1 aromatic carbocycles. The lowest BCUT2D eigenvalue weighted by molar-refractivity contribution is 0.0990. The molecule has 1 saturated heterocycles. The van der Waals surface area contributed by atoms with Crippen molar-refractivity contribution in [3.05, 3.63) is 36.0 Å². The minimum Gasteiger partial charge on any atom is -0.377 e. The SMILES string of the molecule is CC1COCCN1c1c(CN)cnc2ccccc12. The summed E-state index contributed by atoms with van der Waals surface area (Å²) in [7, 11) is 0. The van der Waals surface area contributed by atoms with Crippen LogP contribution in [-0.4, -0.2) is 30.8 Å². The highest BCUT2D eigenvalue weighted by Crippen LogP contribution is 2.31. The number of para-hydroxylation sites is 1. The molecule has 1 unspecified atom stereocenters. The Morgan fingerprint density at radius 1 is 1.42 bits per heavy atom. The van der Waals surface area contributed by atoms with Crippen LogP contribution in [0, 0.1) is 0 Å². The van der Waals surface area contributed by atoms with E-state index in [0.717, 1.165) is 30.8 Å². The van der Waals surface area contributed by atoms with Crippen LogP contribution in [0.3, 0.4) is 0 Å². The van der Waals surface area contributed by atoms with E-state index < -0.39 is 0 Å². The van der Waals surface area contributed by atoms with Gasteiger partial charge in [-0.2, -0.15) is 0 Å². The molecule has 0 bridgehead atoms. The fourth-order valence-corrected chi connectivity index (χ4v) is 2.72. The smallest absolute Gasteiger partial charge is 0.0723 e. The summed E-state index contributed by atoms with van der Waals surface area (Å²) in [4.78, 5) is 6.89. The molecule has 3 rings (SSSR count). The molecule has 1 aliphatic heterocycles. The second-order valence-electron chi connectivity index (χ2n) is 4.97. The van der Waals surface area contributed by atoms with Gasteiger partial charge in [-0.1, -0.05) is 18.2 Å². The third kappa shape index (κ3) is 2.17. The Bertz CT molecular complexity index is 585. The standard InChI is InChI=1S/C15H19N3O/c1-11-10-19-7-6-18(11)15-12(8-16)9-17-14-5-3-2-4-13(14)15/h2-5,9,11H,6-8,10,16H2,1H3. The van der Waals surface area contributed by atoms with Gasteiger partial charge >= 0.3 is 0 Å². The maximum atomic E-state index is 5.90. The molecular formula is C15H19N3O. The van der Waals surface area contributed by atoms with Crippen molar-refractivity contribution in [3.63, 3.8) is 0 Å². The molecule has 1 atom stereocenters. The third-order valence-corrected chi connectivity index (χ3v) is 3.70. The second-order valence-corrected chi connectivity index (χ2v) is 4.97. The Balaban J connectivity index is 2.18. The van der Waals surface area contributed by atoms with Crippen molar-refractivity contribution in [2.45, 2.75) is 19.5 Å². The molecule has 0 radical (unpaired) electrons. The summed E-state index contributed by atoms with van der Waals surface area (Å²) in [6, 6.07) is 8.61. The first-order valence-corrected chi connectivity index (χ1v) is 6.72. The van der Waals surface area contributed by atoms with E-state index in [-0.39, 0.29) is 0 Å². The van der Waals surface area contributed by atoms with E-state index >= 15 is 0 Å². The van der Waals surface area contributed by atoms with E-state index in [4.69, 9.17) is 10.5 Å². The molecule has 100 valence electrons. The van der Waals surface area contributed by atoms with Gasteiger partial charge in [0.15, 0.2) is 0 Å². The summed E-state index contributed by atoms with van der Waals surface area (Å²) in [5, 5.41) is 1.18. The van der Waals surface area contributed by atoms with Crippen molar-refractivity contribution >= 4 is 16.6 Å². The minimum absolute atomic E-state index is 0.366. The van der Waals surface area contributed by atoms with Gasteiger partial charge in [-0.15, -0.1) is 0 Å². The molecule has 2 N–H and O–H groups in total. The van der Waals surface area contributed by atoms with E-state index in [1.807, 2.05) is 18.3 Å². The molecule has 4 heteroatoms. The summed E-state index contributed by atoms with van der Waals surface area (Å²) in [6.07, 6.45) is 1.90. The zero-order valence-electron chi connectivity index (χ0n) is 11.2. The van der Waals surface area contributed by atoms with E-state index in [0.29, 0.717) is 12.6 Å². The average Bonchev–Trinajstić information content (AvgIpc) is 2.47. The van der Waals surface area contributed by atoms with Crippen molar-refractivity contribution < 1.29 is 4.74 Å². The van der Waals surface area contributed by atoms with Crippen LogP contribution < -0.4 is 10.6 Å². The van der Waals surface area contributed by atoms with Gasteiger partial charge in [-0.05, 0) is 13.0 Å². The molecule has 0 aliphatic carbocycles. The summed E-state index contributed by atoms with van der Waals surface area (Å²) in [6.45, 7) is 5.14. The number of benzene rings is 1. The summed E-state index contributed by atoms with van der Waals surface area (Å²) in [5.41, 5.74) is 9.25. The van der Waals surface area contributed by atoms with E-state index in [2.05, 4.69) is 28.9 Å². The number of ether oxygens (including phenoxy) is 1. The fourth-order valence-electron chi connectivity index (χ4n) is 2.72. The molecule has 2 aromatic rings. The molecule has 1 aliphatic rings. The van der Waals surface area contributed by atoms with E-state index in [1.54, 1.807) is 0 Å². The van der Waals surface area contributed by atoms with Gasteiger partial charge < -0.3 is 15.4 Å². The third-order valence-electron chi connectivity index (χ3n) is 3.70. The Labute approximate surface area is 113 Å². The molecule has 19 heavy (non-hydrogen) atoms. The number of fused-ring (bicyclic) bond motifs is 1. The monoisotopic (exact) mass is 257 g/mol. The number of pyridine rings is 1. The van der Waals surface area contributed by atoms with Gasteiger partial charge in [0.1, 0.15) is 0 Å². The van der Waals surface area contributed by atoms with Crippen molar-refractivity contribution in [2.75, 3.05) is 24.7 Å². The van der Waals surface area contributed by atoms with Gasteiger partial charge in [0.05, 0.1) is 24.4 Å². The lowest BCUT2D eigenvalue weighted by Crippen LogP contribution is -2.44. The van der Waals surface area contributed by atoms with Crippen LogP contribution in [0.4, 0.5) is 5.69 Å².